The van der Waals surface area contributed by atoms with Crippen LogP contribution in [0.25, 0.3) is 0 Å². The van der Waals surface area contributed by atoms with E-state index >= 15 is 0 Å². The summed E-state index contributed by atoms with van der Waals surface area (Å²) < 4.78 is 0.280. The van der Waals surface area contributed by atoms with Gasteiger partial charge in [-0.15, -0.1) is 0 Å². The Hall–Kier alpha value is -1.63. The molecule has 0 radical (unpaired) electrons. The van der Waals surface area contributed by atoms with Gasteiger partial charge in [0.05, 0.1) is 0 Å². The minimum absolute atomic E-state index is 0.0812. The molecule has 0 aliphatic rings. The van der Waals surface area contributed by atoms with E-state index in [0.29, 0.717) is 34.3 Å². The molecule has 1 heterocycles. The van der Waals surface area contributed by atoms with Gasteiger partial charge in [-0.05, 0) is 43.3 Å². The van der Waals surface area contributed by atoms with Crippen LogP contribution >= 0.6 is 35.4 Å². The zero-order chi connectivity index (χ0) is 17.9. The SMILES string of the molecule is Cc1[nH]c(=S)[nH]c(=O)c1CCC(=O)N(C)Cc1ccc(Cl)cc1Cl. The summed E-state index contributed by atoms with van der Waals surface area (Å²) in [5.41, 5.74) is 1.78. The van der Waals surface area contributed by atoms with Crippen molar-refractivity contribution in [2.75, 3.05) is 7.05 Å². The maximum atomic E-state index is 12.3. The Morgan fingerprint density at radius 3 is 2.62 bits per heavy atom. The first-order valence-corrected chi connectivity index (χ1v) is 8.44. The molecule has 2 N–H and O–H groups in total. The molecule has 0 spiro atoms. The van der Waals surface area contributed by atoms with Gasteiger partial charge in [0.2, 0.25) is 5.91 Å². The molecule has 0 atom stereocenters. The maximum absolute atomic E-state index is 12.3. The number of H-pyrrole nitrogens is 2. The van der Waals surface area contributed by atoms with Crippen LogP contribution in [-0.4, -0.2) is 27.8 Å². The first-order valence-electron chi connectivity index (χ1n) is 7.28. The van der Waals surface area contributed by atoms with Crippen molar-refractivity contribution < 1.29 is 4.79 Å². The van der Waals surface area contributed by atoms with Crippen LogP contribution in [0.4, 0.5) is 0 Å². The van der Waals surface area contributed by atoms with Crippen LogP contribution in [-0.2, 0) is 17.8 Å². The molecule has 24 heavy (non-hydrogen) atoms. The Labute approximate surface area is 154 Å². The highest BCUT2D eigenvalue weighted by Gasteiger charge is 2.13. The first-order chi connectivity index (χ1) is 11.3. The van der Waals surface area contributed by atoms with E-state index in [1.807, 2.05) is 0 Å². The van der Waals surface area contributed by atoms with E-state index < -0.39 is 0 Å². The van der Waals surface area contributed by atoms with Gasteiger partial charge in [0.15, 0.2) is 4.77 Å². The fourth-order valence-corrected chi connectivity index (χ4v) is 3.06. The van der Waals surface area contributed by atoms with E-state index in [2.05, 4.69) is 9.97 Å². The number of hydrogen-bond donors (Lipinski definition) is 2. The summed E-state index contributed by atoms with van der Waals surface area (Å²) in [6.07, 6.45) is 0.557. The van der Waals surface area contributed by atoms with Crippen molar-refractivity contribution in [1.29, 1.82) is 0 Å². The van der Waals surface area contributed by atoms with Crippen LogP contribution in [0.2, 0.25) is 10.0 Å². The molecule has 0 saturated heterocycles. The standard InChI is InChI=1S/C16H17Cl2N3O2S/c1-9-12(15(23)20-16(24)19-9)5-6-14(22)21(2)8-10-3-4-11(17)7-13(10)18/h3-4,7H,5-6,8H2,1-2H3,(H2,19,20,23,24). The quantitative estimate of drug-likeness (QED) is 0.771. The monoisotopic (exact) mass is 385 g/mol. The number of rotatable bonds is 5. The highest BCUT2D eigenvalue weighted by Crippen LogP contribution is 2.22. The lowest BCUT2D eigenvalue weighted by atomic mass is 10.1. The fraction of sp³-hybridized carbons (Fsp3) is 0.312. The minimum Gasteiger partial charge on any atom is -0.341 e. The molecule has 0 unspecified atom stereocenters. The average molecular weight is 386 g/mol. The lowest BCUT2D eigenvalue weighted by Crippen LogP contribution is -2.27. The molecular weight excluding hydrogens is 369 g/mol. The van der Waals surface area contributed by atoms with Crippen LogP contribution in [0.15, 0.2) is 23.0 Å². The average Bonchev–Trinajstić information content (AvgIpc) is 2.48. The number of aromatic amines is 2. The number of hydrogen-bond acceptors (Lipinski definition) is 3. The molecule has 1 aromatic heterocycles. The molecule has 5 nitrogen and oxygen atoms in total. The number of nitrogens with zero attached hydrogens (tertiary/aromatic N) is 1. The number of benzene rings is 1. The highest BCUT2D eigenvalue weighted by molar-refractivity contribution is 7.71. The zero-order valence-corrected chi connectivity index (χ0v) is 15.6. The summed E-state index contributed by atoms with van der Waals surface area (Å²) in [7, 11) is 1.70. The van der Waals surface area contributed by atoms with Crippen molar-refractivity contribution in [2.24, 2.45) is 0 Å². The minimum atomic E-state index is -0.257. The summed E-state index contributed by atoms with van der Waals surface area (Å²) >= 11 is 16.9. The summed E-state index contributed by atoms with van der Waals surface area (Å²) in [5.74, 6) is -0.0812. The Morgan fingerprint density at radius 2 is 2.00 bits per heavy atom. The molecule has 0 bridgehead atoms. The van der Waals surface area contributed by atoms with Crippen LogP contribution in [0.1, 0.15) is 23.2 Å². The predicted molar refractivity (Wildman–Crippen MR) is 98.2 cm³/mol. The number of carbonyl (C=O) groups is 1. The molecule has 0 aliphatic heterocycles. The topological polar surface area (TPSA) is 69.0 Å². The van der Waals surface area contributed by atoms with E-state index in [1.165, 1.54) is 0 Å². The molecular formula is C16H17Cl2N3O2S. The van der Waals surface area contributed by atoms with E-state index in [9.17, 15) is 9.59 Å². The summed E-state index contributed by atoms with van der Waals surface area (Å²) in [6, 6.07) is 5.17. The molecule has 128 valence electrons. The van der Waals surface area contributed by atoms with Gasteiger partial charge < -0.3 is 9.88 Å². The summed E-state index contributed by atoms with van der Waals surface area (Å²) in [4.78, 5) is 31.2. The first kappa shape index (κ1) is 18.7. The number of carbonyl (C=O) groups excluding carboxylic acids is 1. The van der Waals surface area contributed by atoms with Gasteiger partial charge in [0, 0.05) is 41.3 Å². The van der Waals surface area contributed by atoms with Crippen molar-refractivity contribution >= 4 is 41.3 Å². The number of halogens is 2. The Balaban J connectivity index is 2.02. The lowest BCUT2D eigenvalue weighted by Gasteiger charge is -2.18. The smallest absolute Gasteiger partial charge is 0.255 e. The summed E-state index contributed by atoms with van der Waals surface area (Å²) in [6.45, 7) is 2.14. The molecule has 2 aromatic rings. The van der Waals surface area contributed by atoms with Crippen LogP contribution < -0.4 is 5.56 Å². The Morgan fingerprint density at radius 1 is 1.29 bits per heavy atom. The van der Waals surface area contributed by atoms with Gasteiger partial charge in [-0.3, -0.25) is 14.6 Å². The zero-order valence-electron chi connectivity index (χ0n) is 13.3. The van der Waals surface area contributed by atoms with Gasteiger partial charge in [-0.2, -0.15) is 0 Å². The Kier molecular flexibility index (Phi) is 6.21. The third-order valence-corrected chi connectivity index (χ3v) is 4.48. The lowest BCUT2D eigenvalue weighted by molar-refractivity contribution is -0.130. The van der Waals surface area contributed by atoms with Gasteiger partial charge in [0.25, 0.3) is 5.56 Å². The maximum Gasteiger partial charge on any atom is 0.255 e. The van der Waals surface area contributed by atoms with E-state index in [4.69, 9.17) is 35.4 Å². The van der Waals surface area contributed by atoms with Crippen LogP contribution in [0.3, 0.4) is 0 Å². The van der Waals surface area contributed by atoms with E-state index in [1.54, 1.807) is 37.1 Å². The fourth-order valence-electron chi connectivity index (χ4n) is 2.34. The summed E-state index contributed by atoms with van der Waals surface area (Å²) in [5, 5.41) is 1.07. The van der Waals surface area contributed by atoms with Gasteiger partial charge >= 0.3 is 0 Å². The second kappa shape index (κ2) is 7.96. The molecule has 0 saturated carbocycles. The third kappa shape index (κ3) is 4.69. The van der Waals surface area contributed by atoms with Crippen LogP contribution in [0, 0.1) is 11.7 Å². The van der Waals surface area contributed by atoms with Crippen molar-refractivity contribution in [1.82, 2.24) is 14.9 Å². The molecule has 0 fully saturated rings. The number of aromatic nitrogens is 2. The largest absolute Gasteiger partial charge is 0.341 e. The number of amides is 1. The number of aryl methyl sites for hydroxylation is 1. The molecule has 1 aromatic carbocycles. The van der Waals surface area contributed by atoms with Gasteiger partial charge in [-0.1, -0.05) is 29.3 Å². The second-order valence-corrected chi connectivity index (χ2v) is 6.75. The Bertz CT molecular complexity index is 876. The molecule has 1 amide bonds. The van der Waals surface area contributed by atoms with E-state index in [-0.39, 0.29) is 22.7 Å². The molecule has 2 rings (SSSR count). The third-order valence-electron chi connectivity index (χ3n) is 3.69. The van der Waals surface area contributed by atoms with Crippen molar-refractivity contribution in [3.8, 4) is 0 Å². The van der Waals surface area contributed by atoms with Gasteiger partial charge in [0.1, 0.15) is 0 Å². The van der Waals surface area contributed by atoms with Crippen molar-refractivity contribution in [2.45, 2.75) is 26.3 Å². The second-order valence-electron chi connectivity index (χ2n) is 5.50. The highest BCUT2D eigenvalue weighted by atomic mass is 35.5. The van der Waals surface area contributed by atoms with E-state index in [0.717, 1.165) is 5.56 Å². The van der Waals surface area contributed by atoms with Crippen molar-refractivity contribution in [3.05, 3.63) is 60.2 Å². The van der Waals surface area contributed by atoms with Crippen LogP contribution in [0.5, 0.6) is 0 Å². The van der Waals surface area contributed by atoms with Crippen molar-refractivity contribution in [3.63, 3.8) is 0 Å². The number of nitrogens with one attached hydrogen (secondary N) is 2. The molecule has 8 heteroatoms. The predicted octanol–water partition coefficient (Wildman–Crippen LogP) is 3.64. The van der Waals surface area contributed by atoms with Gasteiger partial charge in [-0.25, -0.2) is 0 Å². The normalized spacial score (nSPS) is 10.7. The molecule has 0 aliphatic carbocycles.